The maximum Gasteiger partial charge on any atom is 0 e. The van der Waals surface area contributed by atoms with Gasteiger partial charge in [-0.15, -0.1) is 0 Å². The van der Waals surface area contributed by atoms with Crippen molar-refractivity contribution in [3.63, 3.8) is 0 Å². The van der Waals surface area contributed by atoms with Crippen LogP contribution in [0.5, 0.6) is 0 Å². The summed E-state index contributed by atoms with van der Waals surface area (Å²) >= 11 is 0. The van der Waals surface area contributed by atoms with Crippen LogP contribution in [0.15, 0.2) is 0 Å². The molecule has 0 aromatic heterocycles. The van der Waals surface area contributed by atoms with E-state index in [0.717, 1.165) is 0 Å². The number of rotatable bonds is 0. The first-order chi connectivity index (χ1) is 2.00. The first-order valence-electron chi connectivity index (χ1n) is 1.85. The molecule has 9 heavy (non-hydrogen) atoms. The van der Waals surface area contributed by atoms with Gasteiger partial charge in [0.25, 0.3) is 0 Å². The summed E-state index contributed by atoms with van der Waals surface area (Å²) in [5, 5.41) is 0. The van der Waals surface area contributed by atoms with Crippen molar-refractivity contribution >= 4 is 0 Å². The molecule has 0 aliphatic heterocycles. The van der Waals surface area contributed by atoms with Crippen molar-refractivity contribution in [1.29, 1.82) is 0 Å². The zero-order valence-electron chi connectivity index (χ0n) is 6.52. The van der Waals surface area contributed by atoms with Gasteiger partial charge in [-0.3, -0.25) is 0 Å². The van der Waals surface area contributed by atoms with E-state index in [4.69, 9.17) is 0 Å². The van der Waals surface area contributed by atoms with Gasteiger partial charge in [0.2, 0.25) is 0 Å². The van der Waals surface area contributed by atoms with Gasteiger partial charge in [-0.25, -0.2) is 0 Å². The summed E-state index contributed by atoms with van der Waals surface area (Å²) in [5.41, 5.74) is 0.250. The minimum absolute atomic E-state index is 0. The Hall–Kier alpha value is 4.42. The zero-order chi connectivity index (χ0) is 4.50. The van der Waals surface area contributed by atoms with Crippen molar-refractivity contribution in [2.45, 2.75) is 20.8 Å². The average molecular weight is 427 g/mol. The molecule has 0 aromatic rings. The predicted molar refractivity (Wildman–Crippen MR) is 24.8 cm³/mol. The van der Waals surface area contributed by atoms with Gasteiger partial charge >= 0.3 is 0 Å². The van der Waals surface area contributed by atoms with Crippen LogP contribution < -0.4 is 0 Å². The van der Waals surface area contributed by atoms with E-state index >= 15 is 0 Å². The fourth-order valence-electron chi connectivity index (χ4n) is 0. The molecule has 0 N–H and O–H groups in total. The molecule has 0 spiro atoms. The molecular formula is C5H11Y4-. The van der Waals surface area contributed by atoms with Gasteiger partial charge in [-0.1, -0.05) is 20.8 Å². The smallest absolute Gasteiger partial charge is 0 e. The monoisotopic (exact) mass is 427 g/mol. The van der Waals surface area contributed by atoms with E-state index in [-0.39, 0.29) is 136 Å². The third-order valence-electron chi connectivity index (χ3n) is 0. The Balaban J connectivity index is -0.0000000133. The van der Waals surface area contributed by atoms with Crippen LogP contribution in [0.4, 0.5) is 0 Å². The fourth-order valence-corrected chi connectivity index (χ4v) is 0. The quantitative estimate of drug-likeness (QED) is 0.519. The van der Waals surface area contributed by atoms with Crippen LogP contribution in [-0.2, 0) is 131 Å². The van der Waals surface area contributed by atoms with E-state index in [1.807, 2.05) is 0 Å². The molecule has 44 valence electrons. The SMILES string of the molecule is [CH2-]C(C)(C)C.[Y].[Y].[Y].[Y]. The Morgan fingerprint density at radius 1 is 0.778 bits per heavy atom. The second-order valence-corrected chi connectivity index (χ2v) is 2.56. The molecule has 0 aliphatic rings. The minimum atomic E-state index is 0. The molecule has 0 unspecified atom stereocenters. The third kappa shape index (κ3) is 69.1. The maximum absolute atomic E-state index is 3.77. The second kappa shape index (κ2) is 14.9. The van der Waals surface area contributed by atoms with Crippen molar-refractivity contribution in [3.8, 4) is 0 Å². The Labute approximate surface area is 160 Å². The van der Waals surface area contributed by atoms with Crippen molar-refractivity contribution in [2.24, 2.45) is 5.41 Å². The molecule has 0 aromatic carbocycles. The normalized spacial score (nSPS) is 6.67. The standard InChI is InChI=1S/C5H11.4Y/c1-5(2,3)4;;;;/h1H2,2-4H3;;;;/q-1;;;;. The van der Waals surface area contributed by atoms with E-state index in [2.05, 4.69) is 27.7 Å². The maximum atomic E-state index is 3.77. The summed E-state index contributed by atoms with van der Waals surface area (Å²) in [6, 6.07) is 0. The van der Waals surface area contributed by atoms with E-state index in [0.29, 0.717) is 0 Å². The molecule has 0 heterocycles. The number of hydrogen-bond donors (Lipinski definition) is 0. The summed E-state index contributed by atoms with van der Waals surface area (Å²) in [7, 11) is 0. The zero-order valence-corrected chi connectivity index (χ0v) is 17.9. The van der Waals surface area contributed by atoms with E-state index in [1.54, 1.807) is 0 Å². The topological polar surface area (TPSA) is 0 Å². The summed E-state index contributed by atoms with van der Waals surface area (Å²) in [6.07, 6.45) is 0. The van der Waals surface area contributed by atoms with E-state index in [9.17, 15) is 0 Å². The third-order valence-corrected chi connectivity index (χ3v) is 0. The van der Waals surface area contributed by atoms with Crippen molar-refractivity contribution in [3.05, 3.63) is 6.92 Å². The molecule has 0 rings (SSSR count). The summed E-state index contributed by atoms with van der Waals surface area (Å²) in [4.78, 5) is 0. The van der Waals surface area contributed by atoms with Gasteiger partial charge < -0.3 is 6.92 Å². The van der Waals surface area contributed by atoms with Crippen LogP contribution in [-0.4, -0.2) is 0 Å². The Kier molecular flexibility index (Phi) is 48.4. The van der Waals surface area contributed by atoms with Crippen LogP contribution in [0, 0.1) is 12.3 Å². The van der Waals surface area contributed by atoms with Crippen LogP contribution in [0.25, 0.3) is 0 Å². The summed E-state index contributed by atoms with van der Waals surface area (Å²) < 4.78 is 0. The van der Waals surface area contributed by atoms with E-state index in [1.165, 1.54) is 0 Å². The van der Waals surface area contributed by atoms with Crippen molar-refractivity contribution in [2.75, 3.05) is 0 Å². The van der Waals surface area contributed by atoms with Gasteiger partial charge in [0.15, 0.2) is 0 Å². The molecule has 4 heteroatoms. The van der Waals surface area contributed by atoms with Gasteiger partial charge in [-0.2, -0.15) is 5.41 Å². The average Bonchev–Trinajstić information content (AvgIpc) is 0.722. The minimum Gasteiger partial charge on any atom is -0.338 e. The Bertz CT molecular complexity index is 24.4. The molecule has 0 fully saturated rings. The molecule has 0 atom stereocenters. The van der Waals surface area contributed by atoms with Gasteiger partial charge in [-0.05, 0) is 0 Å². The molecule has 0 saturated heterocycles. The largest absolute Gasteiger partial charge is 0.338 e. The Morgan fingerprint density at radius 3 is 0.778 bits per heavy atom. The molecule has 4 radical (unpaired) electrons. The van der Waals surface area contributed by atoms with Crippen LogP contribution in [0.1, 0.15) is 20.8 Å². The molecule has 0 bridgehead atoms. The van der Waals surface area contributed by atoms with Crippen LogP contribution in [0.3, 0.4) is 0 Å². The molecule has 0 saturated carbocycles. The Morgan fingerprint density at radius 2 is 0.778 bits per heavy atom. The van der Waals surface area contributed by atoms with Crippen molar-refractivity contribution < 1.29 is 131 Å². The first kappa shape index (κ1) is 29.2. The molecular weight excluding hydrogens is 416 g/mol. The van der Waals surface area contributed by atoms with Gasteiger partial charge in [0.1, 0.15) is 0 Å². The molecule has 0 amide bonds. The molecule has 0 nitrogen and oxygen atoms in total. The second-order valence-electron chi connectivity index (χ2n) is 2.56. The first-order valence-corrected chi connectivity index (χ1v) is 1.85. The fraction of sp³-hybridized carbons (Fsp3) is 0.800. The van der Waals surface area contributed by atoms with Gasteiger partial charge in [0, 0.05) is 131 Å². The van der Waals surface area contributed by atoms with E-state index < -0.39 is 0 Å². The summed E-state index contributed by atoms with van der Waals surface area (Å²) in [5.74, 6) is 0. The van der Waals surface area contributed by atoms with Crippen LogP contribution >= 0.6 is 0 Å². The summed E-state index contributed by atoms with van der Waals surface area (Å²) in [6.45, 7) is 10.0. The number of hydrogen-bond acceptors (Lipinski definition) is 0. The van der Waals surface area contributed by atoms with Gasteiger partial charge in [0.05, 0.1) is 0 Å². The van der Waals surface area contributed by atoms with Crippen LogP contribution in [0.2, 0.25) is 0 Å². The predicted octanol–water partition coefficient (Wildman–Crippen LogP) is 1.86. The van der Waals surface area contributed by atoms with Crippen molar-refractivity contribution in [1.82, 2.24) is 0 Å². The molecule has 0 aliphatic carbocycles.